The number of alkyl halides is 4. The Hall–Kier alpha value is -2.61. The van der Waals surface area contributed by atoms with Crippen molar-refractivity contribution in [3.8, 4) is 17.6 Å². The monoisotopic (exact) mass is 401 g/mol. The van der Waals surface area contributed by atoms with Gasteiger partial charge in [-0.3, -0.25) is 13.9 Å². The number of Topliss-reactive ketones (excluding diaryl/α,β-unsaturated/α-hetero) is 1. The summed E-state index contributed by atoms with van der Waals surface area (Å²) in [6, 6.07) is 7.66. The predicted octanol–water partition coefficient (Wildman–Crippen LogP) is 5.50. The number of ether oxygens (including phenoxy) is 1. The molecule has 0 unspecified atom stereocenters. The fraction of sp³-hybridized carbons (Fsp3) is 0.176. The van der Waals surface area contributed by atoms with Crippen molar-refractivity contribution in [1.82, 2.24) is 0 Å². The van der Waals surface area contributed by atoms with Crippen molar-refractivity contribution in [3.05, 3.63) is 52.6 Å². The van der Waals surface area contributed by atoms with E-state index in [0.717, 1.165) is 12.1 Å². The molecule has 0 atom stereocenters. The fourth-order valence-corrected chi connectivity index (χ4v) is 4.15. The van der Waals surface area contributed by atoms with Crippen molar-refractivity contribution in [2.45, 2.75) is 23.5 Å². The SMILES string of the molecule is Cc1cc(C#N)cc(Oc2ccc3c(c2C(F)F)C(=O)C(F)(F)S3(O)O)c1. The van der Waals surface area contributed by atoms with Crippen LogP contribution in [0.3, 0.4) is 0 Å². The minimum atomic E-state index is -4.91. The molecule has 2 aromatic rings. The van der Waals surface area contributed by atoms with Crippen LogP contribution >= 0.6 is 10.6 Å². The third-order valence-corrected chi connectivity index (χ3v) is 5.80. The van der Waals surface area contributed by atoms with Crippen LogP contribution in [0.25, 0.3) is 0 Å². The molecule has 1 heterocycles. The van der Waals surface area contributed by atoms with Gasteiger partial charge in [-0.05, 0) is 42.8 Å². The van der Waals surface area contributed by atoms with E-state index in [2.05, 4.69) is 0 Å². The molecule has 0 amide bonds. The molecule has 3 rings (SSSR count). The number of nitriles is 1. The molecule has 0 radical (unpaired) electrons. The highest BCUT2D eigenvalue weighted by Crippen LogP contribution is 2.69. The van der Waals surface area contributed by atoms with E-state index in [1.54, 1.807) is 6.92 Å². The van der Waals surface area contributed by atoms with E-state index >= 15 is 0 Å². The Morgan fingerprint density at radius 1 is 1.22 bits per heavy atom. The van der Waals surface area contributed by atoms with Crippen molar-refractivity contribution in [2.75, 3.05) is 0 Å². The van der Waals surface area contributed by atoms with Crippen LogP contribution in [-0.4, -0.2) is 20.1 Å². The predicted molar refractivity (Wildman–Crippen MR) is 87.8 cm³/mol. The zero-order valence-corrected chi connectivity index (χ0v) is 14.4. The van der Waals surface area contributed by atoms with Crippen molar-refractivity contribution < 1.29 is 36.2 Å². The smallest absolute Gasteiger partial charge is 0.405 e. The van der Waals surface area contributed by atoms with E-state index in [-0.39, 0.29) is 11.3 Å². The molecule has 0 aromatic heterocycles. The van der Waals surface area contributed by atoms with Gasteiger partial charge in [0.25, 0.3) is 12.2 Å². The zero-order chi connectivity index (χ0) is 20.1. The molecule has 10 heteroatoms. The largest absolute Gasteiger partial charge is 0.457 e. The number of carbonyl (C=O) groups is 1. The summed E-state index contributed by atoms with van der Waals surface area (Å²) in [6.07, 6.45) is -3.40. The van der Waals surface area contributed by atoms with Crippen LogP contribution in [-0.2, 0) is 0 Å². The third-order valence-electron chi connectivity index (χ3n) is 3.95. The molecule has 0 fully saturated rings. The lowest BCUT2D eigenvalue weighted by Gasteiger charge is -2.32. The van der Waals surface area contributed by atoms with Gasteiger partial charge in [0, 0.05) is 0 Å². The van der Waals surface area contributed by atoms with E-state index in [4.69, 9.17) is 10.00 Å². The van der Waals surface area contributed by atoms with E-state index in [0.29, 0.717) is 5.56 Å². The highest BCUT2D eigenvalue weighted by Gasteiger charge is 2.62. The molecular weight excluding hydrogens is 390 g/mol. The van der Waals surface area contributed by atoms with Gasteiger partial charge in [-0.2, -0.15) is 14.0 Å². The molecule has 5 nitrogen and oxygen atoms in total. The Morgan fingerprint density at radius 3 is 2.48 bits per heavy atom. The summed E-state index contributed by atoms with van der Waals surface area (Å²) in [6.45, 7) is 1.63. The summed E-state index contributed by atoms with van der Waals surface area (Å²) in [7, 11) is -4.91. The number of aryl methyl sites for hydroxylation is 1. The van der Waals surface area contributed by atoms with E-state index < -0.39 is 49.8 Å². The molecule has 0 spiro atoms. The van der Waals surface area contributed by atoms with Crippen molar-refractivity contribution in [3.63, 3.8) is 0 Å². The van der Waals surface area contributed by atoms with Gasteiger partial charge in [0.15, 0.2) is 0 Å². The molecule has 1 aliphatic rings. The Balaban J connectivity index is 2.19. The Kier molecular flexibility index (Phi) is 4.42. The maximum atomic E-state index is 13.9. The Labute approximate surface area is 152 Å². The summed E-state index contributed by atoms with van der Waals surface area (Å²) in [5.74, 6) is -2.71. The molecule has 2 N–H and O–H groups in total. The highest BCUT2D eigenvalue weighted by atomic mass is 32.3. The maximum Gasteiger partial charge on any atom is 0.405 e. The average Bonchev–Trinajstić information content (AvgIpc) is 2.71. The Morgan fingerprint density at radius 2 is 1.89 bits per heavy atom. The van der Waals surface area contributed by atoms with Gasteiger partial charge in [-0.15, -0.1) is 0 Å². The number of hydrogen-bond donors (Lipinski definition) is 2. The second-order valence-corrected chi connectivity index (χ2v) is 7.84. The van der Waals surface area contributed by atoms with Crippen LogP contribution < -0.4 is 4.74 Å². The van der Waals surface area contributed by atoms with Crippen LogP contribution in [0.4, 0.5) is 17.6 Å². The first kappa shape index (κ1) is 19.2. The highest BCUT2D eigenvalue weighted by molar-refractivity contribution is 8.26. The number of nitrogens with zero attached hydrogens (tertiary/aromatic N) is 1. The Bertz CT molecular complexity index is 1000. The van der Waals surface area contributed by atoms with E-state index in [1.165, 1.54) is 18.2 Å². The van der Waals surface area contributed by atoms with Gasteiger partial charge < -0.3 is 4.74 Å². The number of hydrogen-bond acceptors (Lipinski definition) is 5. The number of ketones is 1. The standard InChI is InChI=1S/C17H11F4NO4S/c1-8-4-9(7-22)6-10(5-8)26-11-2-3-12-14(13(11)16(18)19)15(23)17(20,21)27(12,24)25/h2-6,16,24-25H,1H3. The molecule has 27 heavy (non-hydrogen) atoms. The summed E-state index contributed by atoms with van der Waals surface area (Å²) in [5.41, 5.74) is -1.54. The molecule has 1 aliphatic heterocycles. The van der Waals surface area contributed by atoms with Crippen LogP contribution in [0, 0.1) is 18.3 Å². The van der Waals surface area contributed by atoms with Gasteiger partial charge in [0.05, 0.1) is 27.7 Å². The summed E-state index contributed by atoms with van der Waals surface area (Å²) in [4.78, 5) is 11.0. The first-order valence-corrected chi connectivity index (χ1v) is 8.90. The number of rotatable bonds is 3. The van der Waals surface area contributed by atoms with Crippen LogP contribution in [0.2, 0.25) is 0 Å². The van der Waals surface area contributed by atoms with Gasteiger partial charge in [-0.1, -0.05) is 10.6 Å². The molecule has 0 saturated carbocycles. The van der Waals surface area contributed by atoms with Gasteiger partial charge in [0.1, 0.15) is 11.5 Å². The van der Waals surface area contributed by atoms with Crippen molar-refractivity contribution >= 4 is 16.4 Å². The second kappa shape index (κ2) is 6.23. The molecule has 0 aliphatic carbocycles. The van der Waals surface area contributed by atoms with Crippen LogP contribution in [0.1, 0.15) is 33.5 Å². The topological polar surface area (TPSA) is 90.5 Å². The lowest BCUT2D eigenvalue weighted by atomic mass is 10.0. The quantitative estimate of drug-likeness (QED) is 0.663. The number of fused-ring (bicyclic) bond motifs is 1. The number of benzene rings is 2. The van der Waals surface area contributed by atoms with Crippen molar-refractivity contribution in [1.29, 1.82) is 5.26 Å². The van der Waals surface area contributed by atoms with Gasteiger partial charge in [-0.25, -0.2) is 8.78 Å². The summed E-state index contributed by atoms with van der Waals surface area (Å²) in [5, 5.41) is 4.36. The van der Waals surface area contributed by atoms with Crippen molar-refractivity contribution in [2.24, 2.45) is 0 Å². The minimum absolute atomic E-state index is 0.0165. The lowest BCUT2D eigenvalue weighted by molar-refractivity contribution is 0.0506. The molecule has 2 aromatic carbocycles. The van der Waals surface area contributed by atoms with Gasteiger partial charge in [0.2, 0.25) is 0 Å². The van der Waals surface area contributed by atoms with Crippen LogP contribution in [0.5, 0.6) is 11.5 Å². The number of halogens is 4. The van der Waals surface area contributed by atoms with Crippen LogP contribution in [0.15, 0.2) is 35.2 Å². The molecule has 0 saturated heterocycles. The zero-order valence-electron chi connectivity index (χ0n) is 13.5. The minimum Gasteiger partial charge on any atom is -0.457 e. The van der Waals surface area contributed by atoms with Gasteiger partial charge >= 0.3 is 5.25 Å². The molecule has 0 bridgehead atoms. The van der Waals surface area contributed by atoms with E-state index in [1.807, 2.05) is 6.07 Å². The number of carbonyl (C=O) groups excluding carboxylic acids is 1. The first-order chi connectivity index (χ1) is 12.5. The second-order valence-electron chi connectivity index (χ2n) is 5.79. The maximum absolute atomic E-state index is 13.9. The summed E-state index contributed by atoms with van der Waals surface area (Å²) >= 11 is 0. The lowest BCUT2D eigenvalue weighted by Crippen LogP contribution is -2.28. The van der Waals surface area contributed by atoms with E-state index in [9.17, 15) is 31.5 Å². The fourth-order valence-electron chi connectivity index (χ4n) is 2.77. The average molecular weight is 401 g/mol. The molecular formula is C17H11F4NO4S. The first-order valence-electron chi connectivity index (χ1n) is 7.36. The summed E-state index contributed by atoms with van der Waals surface area (Å²) < 4.78 is 79.8. The third kappa shape index (κ3) is 2.84. The normalized spacial score (nSPS) is 18.1. The molecule has 142 valence electrons.